The standard InChI is InChI=1S/C63H116N2O21/c1-4-6-8-10-12-14-15-16-17-18-19-20-21-22-23-24-25-26-27-29-30-32-34-36-45(70)44(65-50(73)37-35-33-31-28-13-11-9-7-5-2)42-81-60-55(77)54(76)57(49(41-68)83-60)84-61-56(78)59(53(75)48(40-67)82-61)86-63(62(79)80)38-46(71)51(64-43(3)69)58(85-63)52(74)47(72)39-66/h34,36,44-49,51-61,66-68,70-72,74-78H,4-33,35,37-42H2,1-3H3,(H,64,69)(H,65,73)(H,79,80)/b36-34+. The van der Waals surface area contributed by atoms with Crippen molar-refractivity contribution in [3.05, 3.63) is 12.2 Å². The number of ether oxygens (including phenoxy) is 6. The molecule has 23 nitrogen and oxygen atoms in total. The first-order valence-corrected chi connectivity index (χ1v) is 33.1. The maximum absolute atomic E-state index is 13.3. The normalized spacial score (nSPS) is 29.4. The molecule has 14 N–H and O–H groups in total. The van der Waals surface area contributed by atoms with E-state index in [0.29, 0.717) is 12.8 Å². The van der Waals surface area contributed by atoms with E-state index in [0.717, 1.165) is 51.9 Å². The van der Waals surface area contributed by atoms with Crippen molar-refractivity contribution in [3.63, 3.8) is 0 Å². The number of amides is 2. The van der Waals surface area contributed by atoms with Gasteiger partial charge in [-0.15, -0.1) is 0 Å². The molecule has 504 valence electrons. The number of nitrogens with one attached hydrogen (secondary N) is 2. The van der Waals surface area contributed by atoms with Crippen LogP contribution < -0.4 is 10.6 Å². The van der Waals surface area contributed by atoms with Gasteiger partial charge in [0.2, 0.25) is 11.8 Å². The largest absolute Gasteiger partial charge is 0.477 e. The highest BCUT2D eigenvalue weighted by Crippen LogP contribution is 2.38. The summed E-state index contributed by atoms with van der Waals surface area (Å²) in [7, 11) is 0. The molecule has 18 atom stereocenters. The van der Waals surface area contributed by atoms with Crippen molar-refractivity contribution in [2.24, 2.45) is 0 Å². The van der Waals surface area contributed by atoms with Gasteiger partial charge in [0, 0.05) is 19.8 Å². The van der Waals surface area contributed by atoms with Gasteiger partial charge >= 0.3 is 5.97 Å². The van der Waals surface area contributed by atoms with E-state index in [9.17, 15) is 75.7 Å². The molecule has 0 aromatic heterocycles. The molecule has 86 heavy (non-hydrogen) atoms. The van der Waals surface area contributed by atoms with Crippen LogP contribution in [0, 0.1) is 0 Å². The Morgan fingerprint density at radius 1 is 0.605 bits per heavy atom. The molecule has 0 aliphatic carbocycles. The number of aliphatic hydroxyl groups excluding tert-OH is 11. The van der Waals surface area contributed by atoms with Crippen LogP contribution in [-0.2, 0) is 42.8 Å². The van der Waals surface area contributed by atoms with E-state index in [4.69, 9.17) is 28.4 Å². The van der Waals surface area contributed by atoms with Gasteiger partial charge in [-0.25, -0.2) is 4.79 Å². The first-order valence-electron chi connectivity index (χ1n) is 33.1. The Bertz CT molecular complexity index is 1810. The topological polar surface area (TPSA) is 373 Å². The average Bonchev–Trinajstić information content (AvgIpc) is 2.33. The molecular formula is C63H116N2O21. The van der Waals surface area contributed by atoms with E-state index in [1.54, 1.807) is 6.08 Å². The van der Waals surface area contributed by atoms with Crippen LogP contribution in [-0.4, -0.2) is 215 Å². The van der Waals surface area contributed by atoms with E-state index >= 15 is 0 Å². The molecule has 3 aliphatic heterocycles. The summed E-state index contributed by atoms with van der Waals surface area (Å²) >= 11 is 0. The average molecular weight is 1240 g/mol. The lowest BCUT2D eigenvalue weighted by molar-refractivity contribution is -0.386. The third kappa shape index (κ3) is 27.9. The van der Waals surface area contributed by atoms with Crippen molar-refractivity contribution in [2.45, 2.75) is 342 Å². The highest BCUT2D eigenvalue weighted by molar-refractivity contribution is 5.77. The molecule has 0 saturated carbocycles. The summed E-state index contributed by atoms with van der Waals surface area (Å²) in [5, 5.41) is 136. The molecule has 3 fully saturated rings. The summed E-state index contributed by atoms with van der Waals surface area (Å²) in [6.07, 6.45) is 11.5. The van der Waals surface area contributed by atoms with Crippen LogP contribution in [0.4, 0.5) is 0 Å². The van der Waals surface area contributed by atoms with Crippen molar-refractivity contribution < 1.29 is 104 Å². The van der Waals surface area contributed by atoms with Gasteiger partial charge < -0.3 is 100 Å². The Kier molecular flexibility index (Phi) is 40.5. The number of carboxylic acids is 1. The number of carbonyl (C=O) groups is 3. The fraction of sp³-hybridized carbons (Fsp3) is 0.921. The Hall–Kier alpha value is -2.53. The first-order chi connectivity index (χ1) is 41.4. The van der Waals surface area contributed by atoms with E-state index in [1.165, 1.54) is 141 Å². The predicted octanol–water partition coefficient (Wildman–Crippen LogP) is 4.73. The maximum atomic E-state index is 13.3. The van der Waals surface area contributed by atoms with Crippen LogP contribution in [0.2, 0.25) is 0 Å². The van der Waals surface area contributed by atoms with Gasteiger partial charge in [0.05, 0.1) is 50.7 Å². The number of aliphatic hydroxyl groups is 11. The molecular weight excluding hydrogens is 1120 g/mol. The molecule has 23 heteroatoms. The number of carboxylic acid groups (broad SMARTS) is 1. The van der Waals surface area contributed by atoms with Gasteiger partial charge in [-0.3, -0.25) is 9.59 Å². The number of carbonyl (C=O) groups excluding carboxylic acids is 2. The monoisotopic (exact) mass is 1240 g/mol. The van der Waals surface area contributed by atoms with Gasteiger partial charge in [-0.05, 0) is 19.3 Å². The lowest BCUT2D eigenvalue weighted by Gasteiger charge is -2.50. The number of aliphatic carboxylic acids is 1. The van der Waals surface area contributed by atoms with Crippen LogP contribution in [0.15, 0.2) is 12.2 Å². The summed E-state index contributed by atoms with van der Waals surface area (Å²) < 4.78 is 34.7. The van der Waals surface area contributed by atoms with Gasteiger partial charge in [0.15, 0.2) is 12.6 Å². The second kappa shape index (κ2) is 44.9. The maximum Gasteiger partial charge on any atom is 0.364 e. The molecule has 3 aliphatic rings. The van der Waals surface area contributed by atoms with Crippen LogP contribution in [0.3, 0.4) is 0 Å². The Labute approximate surface area is 511 Å². The molecule has 0 aromatic rings. The van der Waals surface area contributed by atoms with Gasteiger partial charge in [0.25, 0.3) is 5.79 Å². The highest BCUT2D eigenvalue weighted by Gasteiger charge is 2.60. The van der Waals surface area contributed by atoms with Gasteiger partial charge in [0.1, 0.15) is 67.1 Å². The highest BCUT2D eigenvalue weighted by atomic mass is 16.8. The van der Waals surface area contributed by atoms with E-state index in [2.05, 4.69) is 24.5 Å². The van der Waals surface area contributed by atoms with Crippen LogP contribution in [0.25, 0.3) is 0 Å². The number of unbranched alkanes of at least 4 members (excludes halogenated alkanes) is 29. The minimum absolute atomic E-state index is 0.202. The SMILES string of the molecule is CCCCCCCCCCCCCCCCCCCCCCC/C=C/C(O)C(COC1OC(CO)C(OC2OC(CO)C(O)C(OC3(C(=O)O)CC(O)C(NC(C)=O)C(C(O)C(O)CO)O3)C2O)C(O)C1O)NC(=O)CCCCCCCCCCC. The van der Waals surface area contributed by atoms with Crippen molar-refractivity contribution >= 4 is 17.8 Å². The zero-order valence-corrected chi connectivity index (χ0v) is 52.2. The first kappa shape index (κ1) is 77.7. The molecule has 0 bridgehead atoms. The van der Waals surface area contributed by atoms with Crippen molar-refractivity contribution in [1.82, 2.24) is 10.6 Å². The molecule has 3 rings (SSSR count). The zero-order chi connectivity index (χ0) is 63.3. The van der Waals surface area contributed by atoms with Gasteiger partial charge in [-0.2, -0.15) is 0 Å². The Balaban J connectivity index is 1.59. The molecule has 3 saturated heterocycles. The second-order valence-electron chi connectivity index (χ2n) is 24.3. The van der Waals surface area contributed by atoms with Crippen LogP contribution in [0.1, 0.15) is 233 Å². The summed E-state index contributed by atoms with van der Waals surface area (Å²) in [5.41, 5.74) is 0. The van der Waals surface area contributed by atoms with E-state index < -0.39 is 155 Å². The number of rotatable bonds is 49. The minimum Gasteiger partial charge on any atom is -0.477 e. The fourth-order valence-electron chi connectivity index (χ4n) is 11.6. The summed E-state index contributed by atoms with van der Waals surface area (Å²) in [6, 6.07) is -2.61. The molecule has 18 unspecified atom stereocenters. The molecule has 0 aromatic carbocycles. The van der Waals surface area contributed by atoms with Crippen molar-refractivity contribution in [3.8, 4) is 0 Å². The zero-order valence-electron chi connectivity index (χ0n) is 52.2. The number of hydrogen-bond acceptors (Lipinski definition) is 20. The lowest BCUT2D eigenvalue weighted by atomic mass is 9.88. The molecule has 0 spiro atoms. The van der Waals surface area contributed by atoms with Crippen molar-refractivity contribution in [1.29, 1.82) is 0 Å². The molecule has 3 heterocycles. The van der Waals surface area contributed by atoms with Gasteiger partial charge in [-0.1, -0.05) is 206 Å². The second-order valence-corrected chi connectivity index (χ2v) is 24.3. The summed E-state index contributed by atoms with van der Waals surface area (Å²) in [4.78, 5) is 38.4. The number of hydrogen-bond donors (Lipinski definition) is 14. The molecule has 2 amide bonds. The summed E-state index contributed by atoms with van der Waals surface area (Å²) in [5.74, 6) is -6.14. The third-order valence-electron chi connectivity index (χ3n) is 17.0. The smallest absolute Gasteiger partial charge is 0.364 e. The number of allylic oxidation sites excluding steroid dienone is 1. The van der Waals surface area contributed by atoms with Crippen LogP contribution >= 0.6 is 0 Å². The minimum atomic E-state index is -3.08. The Morgan fingerprint density at radius 3 is 1.55 bits per heavy atom. The predicted molar refractivity (Wildman–Crippen MR) is 320 cm³/mol. The van der Waals surface area contributed by atoms with Crippen LogP contribution in [0.5, 0.6) is 0 Å². The van der Waals surface area contributed by atoms with Crippen molar-refractivity contribution in [2.75, 3.05) is 26.4 Å². The van der Waals surface area contributed by atoms with E-state index in [-0.39, 0.29) is 12.3 Å². The fourth-order valence-corrected chi connectivity index (χ4v) is 11.6. The molecule has 0 radical (unpaired) electrons. The lowest BCUT2D eigenvalue weighted by Crippen LogP contribution is -2.70. The Morgan fingerprint density at radius 2 is 1.08 bits per heavy atom. The quantitative estimate of drug-likeness (QED) is 0.0289. The summed E-state index contributed by atoms with van der Waals surface area (Å²) in [6.45, 7) is 2.10. The third-order valence-corrected chi connectivity index (χ3v) is 17.0. The van der Waals surface area contributed by atoms with E-state index in [1.807, 2.05) is 6.08 Å².